The van der Waals surface area contributed by atoms with Crippen molar-refractivity contribution in [3.8, 4) is 11.5 Å². The number of benzene rings is 2. The number of carbonyl (C=O) groups is 2. The normalized spacial score (nSPS) is 16.3. The Labute approximate surface area is 173 Å². The molecule has 30 heavy (non-hydrogen) atoms. The zero-order chi connectivity index (χ0) is 21.1. The van der Waals surface area contributed by atoms with E-state index < -0.39 is 12.0 Å². The molecular formula is C23H21N3O4. The Morgan fingerprint density at radius 1 is 1.10 bits per heavy atom. The molecule has 0 saturated carbocycles. The van der Waals surface area contributed by atoms with Crippen molar-refractivity contribution in [3.63, 3.8) is 0 Å². The fourth-order valence-corrected chi connectivity index (χ4v) is 3.39. The molecule has 0 aliphatic carbocycles. The van der Waals surface area contributed by atoms with Gasteiger partial charge in [0.1, 0.15) is 17.6 Å². The number of ketones is 1. The van der Waals surface area contributed by atoms with Gasteiger partial charge >= 0.3 is 0 Å². The maximum Gasteiger partial charge on any atom is 0.248 e. The maximum absolute atomic E-state index is 12.5. The molecule has 1 aliphatic rings. The maximum atomic E-state index is 12.5. The van der Waals surface area contributed by atoms with Gasteiger partial charge in [0.2, 0.25) is 5.91 Å². The van der Waals surface area contributed by atoms with Crippen LogP contribution in [0.25, 0.3) is 0 Å². The van der Waals surface area contributed by atoms with Crippen molar-refractivity contribution in [3.05, 3.63) is 89.2 Å². The lowest BCUT2D eigenvalue weighted by atomic mass is 9.95. The van der Waals surface area contributed by atoms with Gasteiger partial charge in [0.15, 0.2) is 5.78 Å². The van der Waals surface area contributed by atoms with Crippen LogP contribution in [0.4, 0.5) is 0 Å². The van der Waals surface area contributed by atoms with Gasteiger partial charge < -0.3 is 20.9 Å². The first-order chi connectivity index (χ1) is 14.6. The van der Waals surface area contributed by atoms with Crippen molar-refractivity contribution < 1.29 is 19.1 Å². The Hall–Kier alpha value is -3.71. The molecule has 2 heterocycles. The van der Waals surface area contributed by atoms with Crippen LogP contribution in [-0.2, 0) is 0 Å². The molecule has 0 saturated heterocycles. The van der Waals surface area contributed by atoms with E-state index in [1.807, 2.05) is 12.1 Å². The molecular weight excluding hydrogens is 382 g/mol. The highest BCUT2D eigenvalue weighted by atomic mass is 16.5. The lowest BCUT2D eigenvalue weighted by molar-refractivity contribution is 0.0838. The number of pyridine rings is 1. The van der Waals surface area contributed by atoms with Crippen LogP contribution >= 0.6 is 0 Å². The smallest absolute Gasteiger partial charge is 0.248 e. The average Bonchev–Trinajstić information content (AvgIpc) is 2.78. The summed E-state index contributed by atoms with van der Waals surface area (Å²) in [4.78, 5) is 27.9. The van der Waals surface area contributed by atoms with Crippen molar-refractivity contribution in [2.75, 3.05) is 13.2 Å². The van der Waals surface area contributed by atoms with Crippen molar-refractivity contribution >= 4 is 11.7 Å². The van der Waals surface area contributed by atoms with Crippen LogP contribution < -0.4 is 20.9 Å². The molecule has 7 heteroatoms. The second-order valence-electron chi connectivity index (χ2n) is 7.03. The first-order valence-electron chi connectivity index (χ1n) is 9.54. The molecule has 2 atom stereocenters. The predicted octanol–water partition coefficient (Wildman–Crippen LogP) is 2.50. The first-order valence-corrected chi connectivity index (χ1v) is 9.54. The minimum Gasteiger partial charge on any atom is -0.492 e. The van der Waals surface area contributed by atoms with Crippen molar-refractivity contribution in [2.45, 2.75) is 6.10 Å². The van der Waals surface area contributed by atoms with Gasteiger partial charge in [-0.3, -0.25) is 14.6 Å². The van der Waals surface area contributed by atoms with Crippen LogP contribution in [0.15, 0.2) is 67.0 Å². The largest absolute Gasteiger partial charge is 0.492 e. The number of rotatable bonds is 6. The van der Waals surface area contributed by atoms with Crippen LogP contribution in [0.3, 0.4) is 0 Å². The Kier molecular flexibility index (Phi) is 5.45. The van der Waals surface area contributed by atoms with Crippen LogP contribution in [0.2, 0.25) is 0 Å². The summed E-state index contributed by atoms with van der Waals surface area (Å²) in [5.41, 5.74) is 13.6. The van der Waals surface area contributed by atoms with Gasteiger partial charge in [0, 0.05) is 30.6 Å². The molecule has 0 bridgehead atoms. The molecule has 3 aromatic rings. The zero-order valence-corrected chi connectivity index (χ0v) is 16.2. The van der Waals surface area contributed by atoms with E-state index in [4.69, 9.17) is 20.9 Å². The summed E-state index contributed by atoms with van der Waals surface area (Å²) in [6.07, 6.45) is 2.92. The average molecular weight is 403 g/mol. The lowest BCUT2D eigenvalue weighted by Crippen LogP contribution is -2.33. The molecule has 4 N–H and O–H groups in total. The fraction of sp³-hybridized carbons (Fsp3) is 0.174. The third-order valence-electron chi connectivity index (χ3n) is 5.07. The van der Waals surface area contributed by atoms with E-state index in [0.29, 0.717) is 22.6 Å². The SMILES string of the molecule is NCC1COc2cc(OC(c3ccncc3)c3ccc(C(N)=O)cc3)ccc2C1=O. The van der Waals surface area contributed by atoms with Gasteiger partial charge in [-0.05, 0) is 47.5 Å². The minimum absolute atomic E-state index is 0.0157. The van der Waals surface area contributed by atoms with E-state index in [9.17, 15) is 9.59 Å². The van der Waals surface area contributed by atoms with Crippen molar-refractivity contribution in [1.82, 2.24) is 4.98 Å². The molecule has 0 fully saturated rings. The molecule has 0 spiro atoms. The molecule has 1 amide bonds. The third-order valence-corrected chi connectivity index (χ3v) is 5.07. The number of ether oxygens (including phenoxy) is 2. The second kappa shape index (κ2) is 8.34. The topological polar surface area (TPSA) is 118 Å². The highest BCUT2D eigenvalue weighted by Gasteiger charge is 2.28. The van der Waals surface area contributed by atoms with E-state index in [2.05, 4.69) is 4.98 Å². The molecule has 152 valence electrons. The Morgan fingerprint density at radius 2 is 1.80 bits per heavy atom. The van der Waals surface area contributed by atoms with Crippen LogP contribution in [0, 0.1) is 5.92 Å². The summed E-state index contributed by atoms with van der Waals surface area (Å²) in [7, 11) is 0. The third kappa shape index (κ3) is 3.88. The van der Waals surface area contributed by atoms with Crippen LogP contribution in [-0.4, -0.2) is 29.8 Å². The van der Waals surface area contributed by atoms with Crippen molar-refractivity contribution in [1.29, 1.82) is 0 Å². The van der Waals surface area contributed by atoms with Gasteiger partial charge in [0.05, 0.1) is 18.1 Å². The van der Waals surface area contributed by atoms with E-state index in [1.54, 1.807) is 54.9 Å². The molecule has 4 rings (SSSR count). The molecule has 1 aliphatic heterocycles. The Morgan fingerprint density at radius 3 is 2.47 bits per heavy atom. The molecule has 2 aromatic carbocycles. The van der Waals surface area contributed by atoms with Gasteiger partial charge in [0.25, 0.3) is 0 Å². The van der Waals surface area contributed by atoms with Gasteiger partial charge in [-0.1, -0.05) is 12.1 Å². The highest BCUT2D eigenvalue weighted by molar-refractivity contribution is 6.01. The second-order valence-corrected chi connectivity index (χ2v) is 7.03. The number of nitrogens with two attached hydrogens (primary N) is 2. The highest BCUT2D eigenvalue weighted by Crippen LogP contribution is 2.34. The number of carbonyl (C=O) groups excluding carboxylic acids is 2. The number of aromatic nitrogens is 1. The van der Waals surface area contributed by atoms with E-state index >= 15 is 0 Å². The monoisotopic (exact) mass is 403 g/mol. The van der Waals surface area contributed by atoms with Gasteiger partial charge in [-0.15, -0.1) is 0 Å². The summed E-state index contributed by atoms with van der Waals surface area (Å²) < 4.78 is 12.0. The Bertz CT molecular complexity index is 1070. The van der Waals surface area contributed by atoms with E-state index in [-0.39, 0.29) is 24.9 Å². The number of Topliss-reactive ketones (excluding diaryl/α,β-unsaturated/α-hetero) is 1. The first kappa shape index (κ1) is 19.6. The fourth-order valence-electron chi connectivity index (χ4n) is 3.39. The lowest BCUT2D eigenvalue weighted by Gasteiger charge is -2.25. The number of primary amides is 1. The van der Waals surface area contributed by atoms with Gasteiger partial charge in [-0.2, -0.15) is 0 Å². The molecule has 2 unspecified atom stereocenters. The minimum atomic E-state index is -0.491. The molecule has 7 nitrogen and oxygen atoms in total. The van der Waals surface area contributed by atoms with Crippen molar-refractivity contribution in [2.24, 2.45) is 17.4 Å². The molecule has 0 radical (unpaired) electrons. The summed E-state index contributed by atoms with van der Waals surface area (Å²) >= 11 is 0. The zero-order valence-electron chi connectivity index (χ0n) is 16.2. The quantitative estimate of drug-likeness (QED) is 0.653. The number of fused-ring (bicyclic) bond motifs is 1. The van der Waals surface area contributed by atoms with Gasteiger partial charge in [-0.25, -0.2) is 0 Å². The molecule has 1 aromatic heterocycles. The summed E-state index contributed by atoms with van der Waals surface area (Å²) in [5, 5.41) is 0. The predicted molar refractivity (Wildman–Crippen MR) is 110 cm³/mol. The summed E-state index contributed by atoms with van der Waals surface area (Å²) in [6.45, 7) is 0.510. The number of amides is 1. The number of hydrogen-bond acceptors (Lipinski definition) is 6. The Balaban J connectivity index is 1.66. The summed E-state index contributed by atoms with van der Waals surface area (Å²) in [6, 6.07) is 15.8. The van der Waals surface area contributed by atoms with Crippen LogP contribution in [0.1, 0.15) is 37.9 Å². The number of hydrogen-bond donors (Lipinski definition) is 2. The van der Waals surface area contributed by atoms with Crippen LogP contribution in [0.5, 0.6) is 11.5 Å². The summed E-state index contributed by atoms with van der Waals surface area (Å²) in [5.74, 6) is 0.208. The van der Waals surface area contributed by atoms with E-state index in [0.717, 1.165) is 11.1 Å². The standard InChI is InChI=1S/C23H21N3O4/c24-12-17-13-29-20-11-18(5-6-19(20)21(17)27)30-22(15-7-9-26-10-8-15)14-1-3-16(4-2-14)23(25)28/h1-11,17,22H,12-13,24H2,(H2,25,28). The number of nitrogens with zero attached hydrogens (tertiary/aromatic N) is 1. The van der Waals surface area contributed by atoms with E-state index in [1.165, 1.54) is 0 Å².